The molecule has 1 spiro atoms. The zero-order valence-electron chi connectivity index (χ0n) is 20.3. The van der Waals surface area contributed by atoms with Crippen LogP contribution in [-0.4, -0.2) is 46.7 Å². The van der Waals surface area contributed by atoms with Crippen molar-refractivity contribution in [2.75, 3.05) is 6.61 Å². The fraction of sp³-hybridized carbons (Fsp3) is 0.963. The number of hydrogen-bond donors (Lipinski definition) is 2. The molecule has 0 aromatic rings. The molecule has 4 saturated carbocycles. The minimum absolute atomic E-state index is 0.00413. The number of aliphatic hydroxyl groups is 2. The van der Waals surface area contributed by atoms with Gasteiger partial charge in [0, 0.05) is 23.7 Å². The number of Topliss-reactive ketones (excluding diaryl/α,β-unsaturated/α-hetero) is 1. The second-order valence-corrected chi connectivity index (χ2v) is 13.1. The van der Waals surface area contributed by atoms with E-state index in [2.05, 4.69) is 27.7 Å². The van der Waals surface area contributed by atoms with E-state index in [-0.39, 0.29) is 52.7 Å². The number of ketones is 1. The van der Waals surface area contributed by atoms with Crippen molar-refractivity contribution in [2.45, 2.75) is 103 Å². The van der Waals surface area contributed by atoms with Crippen molar-refractivity contribution in [3.63, 3.8) is 0 Å². The highest BCUT2D eigenvalue weighted by Crippen LogP contribution is 2.71. The lowest BCUT2D eigenvalue weighted by Gasteiger charge is -2.62. The van der Waals surface area contributed by atoms with Crippen molar-refractivity contribution in [1.82, 2.24) is 0 Å². The summed E-state index contributed by atoms with van der Waals surface area (Å²) in [7, 11) is 0. The van der Waals surface area contributed by atoms with Crippen LogP contribution in [0.15, 0.2) is 0 Å². The van der Waals surface area contributed by atoms with Gasteiger partial charge in [0.05, 0.1) is 24.9 Å². The highest BCUT2D eigenvalue weighted by molar-refractivity contribution is 5.87. The van der Waals surface area contributed by atoms with Crippen LogP contribution in [0, 0.1) is 52.3 Å². The van der Waals surface area contributed by atoms with E-state index >= 15 is 0 Å². The number of rotatable bonds is 0. The third-order valence-corrected chi connectivity index (χ3v) is 11.8. The normalized spacial score (nSPS) is 61.8. The molecule has 180 valence electrons. The van der Waals surface area contributed by atoms with Crippen molar-refractivity contribution in [1.29, 1.82) is 0 Å². The van der Waals surface area contributed by atoms with E-state index in [9.17, 15) is 15.0 Å². The Bertz CT molecular complexity index is 799. The quantitative estimate of drug-likeness (QED) is 0.589. The summed E-state index contributed by atoms with van der Waals surface area (Å²) < 4.78 is 12.8. The molecule has 0 amide bonds. The number of ether oxygens (including phenoxy) is 2. The van der Waals surface area contributed by atoms with Gasteiger partial charge in [-0.25, -0.2) is 0 Å². The molecular weight excluding hydrogens is 404 g/mol. The summed E-state index contributed by atoms with van der Waals surface area (Å²) in [6, 6.07) is 0. The van der Waals surface area contributed by atoms with Crippen LogP contribution in [-0.2, 0) is 14.3 Å². The number of aliphatic hydroxyl groups excluding tert-OH is 2. The molecule has 0 radical (unpaired) electrons. The molecule has 5 heteroatoms. The maximum absolute atomic E-state index is 13.1. The van der Waals surface area contributed by atoms with Gasteiger partial charge in [0.25, 0.3) is 0 Å². The first-order valence-corrected chi connectivity index (χ1v) is 13.3. The summed E-state index contributed by atoms with van der Waals surface area (Å²) in [6.45, 7) is 9.54. The molecule has 5 nitrogen and oxygen atoms in total. The molecule has 2 heterocycles. The van der Waals surface area contributed by atoms with Crippen LogP contribution >= 0.6 is 0 Å². The van der Waals surface area contributed by atoms with Crippen LogP contribution in [0.2, 0.25) is 0 Å². The molecule has 0 aromatic carbocycles. The van der Waals surface area contributed by atoms with E-state index in [4.69, 9.17) is 9.47 Å². The molecule has 6 aliphatic rings. The highest BCUT2D eigenvalue weighted by atomic mass is 16.7. The molecular formula is C27H42O5. The Morgan fingerprint density at radius 2 is 1.78 bits per heavy atom. The first kappa shape index (κ1) is 22.0. The third-order valence-electron chi connectivity index (χ3n) is 11.8. The largest absolute Gasteiger partial charge is 0.393 e. The van der Waals surface area contributed by atoms with Gasteiger partial charge in [-0.3, -0.25) is 4.79 Å². The SMILES string of the molecule is C[C@H]1CO[C@@]2(O[C@H]3C[C@H]4[C@@H]5CC[C@H]6C[C@@H](O)CC[C@]6(C)[C@H]5C[C@@H](O)[C@]4(C)[C@H]3[C@@H]2C)C(=O)C1. The molecule has 0 unspecified atom stereocenters. The van der Waals surface area contributed by atoms with E-state index in [0.29, 0.717) is 36.7 Å². The van der Waals surface area contributed by atoms with Crippen LogP contribution in [0.25, 0.3) is 0 Å². The smallest absolute Gasteiger partial charge is 0.232 e. The van der Waals surface area contributed by atoms with Crippen LogP contribution in [0.4, 0.5) is 0 Å². The molecule has 6 fully saturated rings. The maximum atomic E-state index is 13.1. The first-order valence-electron chi connectivity index (χ1n) is 13.3. The second-order valence-electron chi connectivity index (χ2n) is 13.1. The Labute approximate surface area is 192 Å². The lowest BCUT2D eigenvalue weighted by Crippen LogP contribution is -2.60. The van der Waals surface area contributed by atoms with Crippen molar-refractivity contribution < 1.29 is 24.5 Å². The first-order chi connectivity index (χ1) is 15.1. The maximum Gasteiger partial charge on any atom is 0.232 e. The third kappa shape index (κ3) is 2.63. The van der Waals surface area contributed by atoms with Gasteiger partial charge in [0.1, 0.15) is 0 Å². The Hall–Kier alpha value is -0.490. The molecule has 4 aliphatic carbocycles. The standard InChI is InChI=1S/C27H42O5/c1-14-9-23(30)27(31-13-14)15(2)24-21(32-27)11-20-18-6-5-16-10-17(28)7-8-25(16,3)19(18)12-22(29)26(20,24)4/h14-22,24,28-29H,5-13H2,1-4H3/t14-,15+,16+,17+,18-,19+,20+,21+,22-,24+,25+,26-,27+/m1/s1. The van der Waals surface area contributed by atoms with E-state index < -0.39 is 5.79 Å². The second kappa shape index (κ2) is 7.02. The predicted molar refractivity (Wildman–Crippen MR) is 120 cm³/mol. The Kier molecular flexibility index (Phi) is 4.83. The summed E-state index contributed by atoms with van der Waals surface area (Å²) in [4.78, 5) is 13.1. The lowest BCUT2D eigenvalue weighted by atomic mass is 9.43. The fourth-order valence-corrected chi connectivity index (χ4v) is 10.1. The summed E-state index contributed by atoms with van der Waals surface area (Å²) in [5.74, 6) is 1.57. The molecule has 2 aliphatic heterocycles. The zero-order chi connectivity index (χ0) is 22.6. The van der Waals surface area contributed by atoms with Gasteiger partial charge in [-0.1, -0.05) is 27.7 Å². The lowest BCUT2D eigenvalue weighted by molar-refractivity contribution is -0.254. The van der Waals surface area contributed by atoms with E-state index in [0.717, 1.165) is 32.1 Å². The van der Waals surface area contributed by atoms with Crippen molar-refractivity contribution in [3.05, 3.63) is 0 Å². The van der Waals surface area contributed by atoms with Gasteiger partial charge in [-0.2, -0.15) is 0 Å². The Morgan fingerprint density at radius 3 is 2.53 bits per heavy atom. The number of carbonyl (C=O) groups excluding carboxylic acids is 1. The van der Waals surface area contributed by atoms with Gasteiger partial charge >= 0.3 is 0 Å². The van der Waals surface area contributed by atoms with E-state index in [1.807, 2.05) is 0 Å². The van der Waals surface area contributed by atoms with Gasteiger partial charge < -0.3 is 19.7 Å². The Morgan fingerprint density at radius 1 is 1.00 bits per heavy atom. The monoisotopic (exact) mass is 446 g/mol. The van der Waals surface area contributed by atoms with Gasteiger partial charge in [0.2, 0.25) is 5.79 Å². The van der Waals surface area contributed by atoms with Crippen LogP contribution < -0.4 is 0 Å². The molecule has 2 N–H and O–H groups in total. The van der Waals surface area contributed by atoms with Crippen molar-refractivity contribution in [2.24, 2.45) is 52.3 Å². The summed E-state index contributed by atoms with van der Waals surface area (Å²) >= 11 is 0. The average molecular weight is 447 g/mol. The molecule has 32 heavy (non-hydrogen) atoms. The van der Waals surface area contributed by atoms with Gasteiger partial charge in [-0.15, -0.1) is 0 Å². The average Bonchev–Trinajstić information content (AvgIpc) is 3.19. The highest BCUT2D eigenvalue weighted by Gasteiger charge is 2.73. The molecule has 0 aromatic heterocycles. The predicted octanol–water partition coefficient (Wildman–Crippen LogP) is 3.94. The minimum Gasteiger partial charge on any atom is -0.393 e. The number of hydrogen-bond acceptors (Lipinski definition) is 5. The van der Waals surface area contributed by atoms with Crippen molar-refractivity contribution in [3.8, 4) is 0 Å². The van der Waals surface area contributed by atoms with Crippen LogP contribution in [0.3, 0.4) is 0 Å². The van der Waals surface area contributed by atoms with E-state index in [1.54, 1.807) is 0 Å². The Balaban J connectivity index is 1.31. The summed E-state index contributed by atoms with van der Waals surface area (Å²) in [6.07, 6.45) is 7.15. The minimum atomic E-state index is -1.09. The van der Waals surface area contributed by atoms with Crippen LogP contribution in [0.1, 0.15) is 79.1 Å². The number of carbonyl (C=O) groups is 1. The molecule has 0 bridgehead atoms. The molecule has 2 saturated heterocycles. The van der Waals surface area contributed by atoms with E-state index in [1.165, 1.54) is 12.8 Å². The van der Waals surface area contributed by atoms with Gasteiger partial charge in [0.15, 0.2) is 5.78 Å². The van der Waals surface area contributed by atoms with Crippen LogP contribution in [0.5, 0.6) is 0 Å². The fourth-order valence-electron chi connectivity index (χ4n) is 10.1. The van der Waals surface area contributed by atoms with Crippen molar-refractivity contribution >= 4 is 5.78 Å². The molecule has 6 rings (SSSR count). The zero-order valence-corrected chi connectivity index (χ0v) is 20.3. The summed E-state index contributed by atoms with van der Waals surface area (Å²) in [5, 5.41) is 22.1. The molecule has 13 atom stereocenters. The number of fused-ring (bicyclic) bond motifs is 7. The topological polar surface area (TPSA) is 76.0 Å². The summed E-state index contributed by atoms with van der Waals surface area (Å²) in [5.41, 5.74) is 0.00721. The van der Waals surface area contributed by atoms with Gasteiger partial charge in [-0.05, 0) is 80.0 Å².